The van der Waals surface area contributed by atoms with Crippen molar-refractivity contribution in [2.24, 2.45) is 0 Å². The van der Waals surface area contributed by atoms with Crippen LogP contribution in [0, 0.1) is 0 Å². The van der Waals surface area contributed by atoms with Crippen molar-refractivity contribution in [3.05, 3.63) is 94.6 Å². The number of rotatable bonds is 5. The Morgan fingerprint density at radius 3 is 2.23 bits per heavy atom. The Balaban J connectivity index is 1.61. The molecule has 0 unspecified atom stereocenters. The van der Waals surface area contributed by atoms with Crippen LogP contribution in [0.1, 0.15) is 5.56 Å². The summed E-state index contributed by atoms with van der Waals surface area (Å²) in [4.78, 5) is 12.4. The van der Waals surface area contributed by atoms with Crippen molar-refractivity contribution in [3.63, 3.8) is 0 Å². The summed E-state index contributed by atoms with van der Waals surface area (Å²) in [6.45, 7) is 0.358. The fraction of sp³-hybridized carbons (Fsp3) is 0.0870. The third-order valence-electron chi connectivity index (χ3n) is 4.32. The maximum atomic E-state index is 12.4. The Bertz CT molecular complexity index is 1210. The van der Waals surface area contributed by atoms with Crippen molar-refractivity contribution in [2.45, 2.75) is 13.0 Å². The van der Waals surface area contributed by atoms with Crippen LogP contribution in [0.5, 0.6) is 11.5 Å². The van der Waals surface area contributed by atoms with E-state index >= 15 is 0 Å². The molecule has 0 aliphatic heterocycles. The first-order chi connectivity index (χ1) is 14.4. The van der Waals surface area contributed by atoms with Gasteiger partial charge in [0, 0.05) is 17.7 Å². The number of halogens is 3. The third kappa shape index (κ3) is 4.63. The number of alkyl halides is 3. The van der Waals surface area contributed by atoms with Crippen molar-refractivity contribution >= 4 is 11.0 Å². The fourth-order valence-corrected chi connectivity index (χ4v) is 2.93. The highest BCUT2D eigenvalue weighted by atomic mass is 19.4. The second kappa shape index (κ2) is 7.94. The van der Waals surface area contributed by atoms with E-state index in [1.165, 1.54) is 18.2 Å². The highest BCUT2D eigenvalue weighted by Gasteiger charge is 2.31. The van der Waals surface area contributed by atoms with Crippen LogP contribution >= 0.6 is 0 Å². The third-order valence-corrected chi connectivity index (χ3v) is 4.32. The molecule has 0 saturated heterocycles. The van der Waals surface area contributed by atoms with Crippen LogP contribution < -0.4 is 14.9 Å². The Labute approximate surface area is 169 Å². The molecule has 4 rings (SSSR count). The second-order valence-electron chi connectivity index (χ2n) is 6.48. The van der Waals surface area contributed by atoms with Gasteiger partial charge in [-0.3, -0.25) is 4.79 Å². The van der Waals surface area contributed by atoms with E-state index in [0.29, 0.717) is 28.9 Å². The molecule has 3 aromatic carbocycles. The van der Waals surface area contributed by atoms with Gasteiger partial charge in [0.15, 0.2) is 5.43 Å². The van der Waals surface area contributed by atoms with Gasteiger partial charge in [-0.25, -0.2) is 0 Å². The van der Waals surface area contributed by atoms with E-state index in [1.54, 1.807) is 18.2 Å². The first kappa shape index (κ1) is 19.6. The Morgan fingerprint density at radius 2 is 1.53 bits per heavy atom. The van der Waals surface area contributed by atoms with Gasteiger partial charge in [-0.05, 0) is 42.0 Å². The van der Waals surface area contributed by atoms with E-state index < -0.39 is 6.36 Å². The van der Waals surface area contributed by atoms with Gasteiger partial charge in [-0.1, -0.05) is 30.3 Å². The average molecular weight is 412 g/mol. The van der Waals surface area contributed by atoms with Crippen molar-refractivity contribution < 1.29 is 27.1 Å². The van der Waals surface area contributed by atoms with Crippen molar-refractivity contribution in [3.8, 4) is 22.8 Å². The van der Waals surface area contributed by atoms with Gasteiger partial charge >= 0.3 is 6.36 Å². The Hall–Kier alpha value is -3.74. The summed E-state index contributed by atoms with van der Waals surface area (Å²) in [7, 11) is 0. The molecule has 0 spiro atoms. The standard InChI is InChI=1S/C23H15F3O4/c24-23(25,26)30-17-8-6-16(7-9-17)21-13-20(27)19-11-10-18(12-22(19)29-21)28-14-15-4-2-1-3-5-15/h1-13H,14H2. The lowest BCUT2D eigenvalue weighted by atomic mass is 10.1. The Morgan fingerprint density at radius 1 is 0.833 bits per heavy atom. The van der Waals surface area contributed by atoms with Crippen LogP contribution in [0.3, 0.4) is 0 Å². The van der Waals surface area contributed by atoms with Crippen molar-refractivity contribution in [1.29, 1.82) is 0 Å². The van der Waals surface area contributed by atoms with Crippen LogP contribution in [0.4, 0.5) is 13.2 Å². The van der Waals surface area contributed by atoms with Gasteiger partial charge in [-0.15, -0.1) is 13.2 Å². The maximum Gasteiger partial charge on any atom is 0.573 e. The minimum Gasteiger partial charge on any atom is -0.489 e. The first-order valence-corrected chi connectivity index (χ1v) is 8.98. The van der Waals surface area contributed by atoms with Crippen LogP contribution in [-0.4, -0.2) is 6.36 Å². The Kier molecular flexibility index (Phi) is 5.18. The molecule has 4 aromatic rings. The van der Waals surface area contributed by atoms with E-state index in [2.05, 4.69) is 4.74 Å². The molecule has 1 heterocycles. The molecule has 0 amide bonds. The van der Waals surface area contributed by atoms with Crippen molar-refractivity contribution in [2.75, 3.05) is 0 Å². The zero-order valence-corrected chi connectivity index (χ0v) is 15.5. The van der Waals surface area contributed by atoms with Gasteiger partial charge in [0.05, 0.1) is 5.39 Å². The number of fused-ring (bicyclic) bond motifs is 1. The molecule has 7 heteroatoms. The molecule has 0 bridgehead atoms. The monoisotopic (exact) mass is 412 g/mol. The topological polar surface area (TPSA) is 48.7 Å². The molecular formula is C23H15F3O4. The first-order valence-electron chi connectivity index (χ1n) is 8.98. The SMILES string of the molecule is O=c1cc(-c2ccc(OC(F)(F)F)cc2)oc2cc(OCc3ccccc3)ccc12. The molecule has 0 aliphatic rings. The number of benzene rings is 3. The lowest BCUT2D eigenvalue weighted by molar-refractivity contribution is -0.274. The average Bonchev–Trinajstić information content (AvgIpc) is 2.72. The summed E-state index contributed by atoms with van der Waals surface area (Å²) in [5.41, 5.74) is 1.49. The smallest absolute Gasteiger partial charge is 0.489 e. The van der Waals surface area contributed by atoms with E-state index in [9.17, 15) is 18.0 Å². The number of hydrogen-bond acceptors (Lipinski definition) is 4. The van der Waals surface area contributed by atoms with Crippen LogP contribution in [0.15, 0.2) is 88.1 Å². The van der Waals surface area contributed by atoms with Crippen LogP contribution in [-0.2, 0) is 6.61 Å². The van der Waals surface area contributed by atoms with Gasteiger partial charge in [0.2, 0.25) is 0 Å². The zero-order chi connectivity index (χ0) is 21.1. The van der Waals surface area contributed by atoms with Gasteiger partial charge in [0.1, 0.15) is 29.4 Å². The van der Waals surface area contributed by atoms with E-state index in [1.807, 2.05) is 30.3 Å². The molecule has 152 valence electrons. The molecule has 0 radical (unpaired) electrons. The molecule has 4 nitrogen and oxygen atoms in total. The summed E-state index contributed by atoms with van der Waals surface area (Å²) in [5, 5.41) is 0.378. The molecule has 0 atom stereocenters. The normalized spacial score (nSPS) is 11.4. The quantitative estimate of drug-likeness (QED) is 0.407. The van der Waals surface area contributed by atoms with Gasteiger partial charge < -0.3 is 13.9 Å². The predicted octanol–water partition coefficient (Wildman–Crippen LogP) is 5.94. The molecule has 0 fully saturated rings. The summed E-state index contributed by atoms with van der Waals surface area (Å²) in [6.07, 6.45) is -4.77. The van der Waals surface area contributed by atoms with Gasteiger partial charge in [0.25, 0.3) is 0 Å². The lowest BCUT2D eigenvalue weighted by Crippen LogP contribution is -2.16. The lowest BCUT2D eigenvalue weighted by Gasteiger charge is -2.10. The van der Waals surface area contributed by atoms with Crippen LogP contribution in [0.25, 0.3) is 22.3 Å². The summed E-state index contributed by atoms with van der Waals surface area (Å²) in [6, 6.07) is 20.9. The summed E-state index contributed by atoms with van der Waals surface area (Å²) >= 11 is 0. The molecule has 0 N–H and O–H groups in total. The second-order valence-corrected chi connectivity index (χ2v) is 6.48. The zero-order valence-electron chi connectivity index (χ0n) is 15.5. The maximum absolute atomic E-state index is 12.4. The molecule has 0 aliphatic carbocycles. The molecular weight excluding hydrogens is 397 g/mol. The summed E-state index contributed by atoms with van der Waals surface area (Å²) < 4.78 is 52.4. The predicted molar refractivity (Wildman–Crippen MR) is 105 cm³/mol. The van der Waals surface area contributed by atoms with E-state index in [4.69, 9.17) is 9.15 Å². The highest BCUT2D eigenvalue weighted by Crippen LogP contribution is 2.28. The minimum atomic E-state index is -4.77. The highest BCUT2D eigenvalue weighted by molar-refractivity contribution is 5.80. The fourth-order valence-electron chi connectivity index (χ4n) is 2.93. The number of hydrogen-bond donors (Lipinski definition) is 0. The van der Waals surface area contributed by atoms with E-state index in [-0.39, 0.29) is 16.9 Å². The van der Waals surface area contributed by atoms with Gasteiger partial charge in [-0.2, -0.15) is 0 Å². The molecule has 30 heavy (non-hydrogen) atoms. The largest absolute Gasteiger partial charge is 0.573 e. The molecule has 1 aromatic heterocycles. The van der Waals surface area contributed by atoms with E-state index in [0.717, 1.165) is 17.7 Å². The van der Waals surface area contributed by atoms with Crippen LogP contribution in [0.2, 0.25) is 0 Å². The number of ether oxygens (including phenoxy) is 2. The van der Waals surface area contributed by atoms with Crippen molar-refractivity contribution in [1.82, 2.24) is 0 Å². The molecule has 0 saturated carbocycles. The summed E-state index contributed by atoms with van der Waals surface area (Å²) in [5.74, 6) is 0.401. The minimum absolute atomic E-state index is 0.228.